The van der Waals surface area contributed by atoms with Gasteiger partial charge in [0.15, 0.2) is 17.3 Å². The number of ketones is 1. The summed E-state index contributed by atoms with van der Waals surface area (Å²) in [6, 6.07) is 6.66. The monoisotopic (exact) mass is 438 g/mol. The number of benzene rings is 1. The predicted molar refractivity (Wildman–Crippen MR) is 113 cm³/mol. The average molecular weight is 438 g/mol. The molecule has 1 aliphatic carbocycles. The number of hydrogen-bond acceptors (Lipinski definition) is 10. The minimum Gasteiger partial charge on any atom is -0.496 e. The number of rotatable bonds is 5. The van der Waals surface area contributed by atoms with Crippen molar-refractivity contribution in [1.29, 1.82) is 0 Å². The van der Waals surface area contributed by atoms with Crippen molar-refractivity contribution in [2.24, 2.45) is 0 Å². The summed E-state index contributed by atoms with van der Waals surface area (Å²) in [5.41, 5.74) is 2.00. The van der Waals surface area contributed by atoms with Crippen LogP contribution in [-0.2, 0) is 4.79 Å². The third kappa shape index (κ3) is 3.24. The van der Waals surface area contributed by atoms with Crippen LogP contribution in [0, 0.1) is 0 Å². The second-order valence-corrected chi connectivity index (χ2v) is 7.55. The fourth-order valence-electron chi connectivity index (χ4n) is 4.34. The highest BCUT2D eigenvalue weighted by atomic mass is 16.6. The van der Waals surface area contributed by atoms with Crippen LogP contribution >= 0.6 is 0 Å². The van der Waals surface area contributed by atoms with Crippen LogP contribution in [0.4, 0.5) is 11.6 Å². The van der Waals surface area contributed by atoms with E-state index in [0.717, 1.165) is 11.5 Å². The molecule has 10 heteroatoms. The molecule has 3 aromatic rings. The molecule has 5 rings (SSSR count). The first-order chi connectivity index (χ1) is 15.6. The number of carbonyl (C=O) groups excluding carboxylic acids is 1. The zero-order valence-electron chi connectivity index (χ0n) is 17.8. The fourth-order valence-corrected chi connectivity index (χ4v) is 4.34. The molecule has 1 aliphatic heterocycles. The van der Waals surface area contributed by atoms with Gasteiger partial charge in [0, 0.05) is 35.2 Å². The highest BCUT2D eigenvalue weighted by Gasteiger charge is 2.39. The molecule has 2 aliphatic rings. The van der Waals surface area contributed by atoms with Crippen molar-refractivity contribution in [3.8, 4) is 17.2 Å². The Kier molecular flexibility index (Phi) is 4.96. The molecule has 166 valence electrons. The SMILES string of the molecule is COc1cc(OC)c([C@@H]2Nc3nonc3NC3=C2C(=O)C[C@H](c2ccco2)C3)cc1OC. The smallest absolute Gasteiger partial charge is 0.219 e. The Morgan fingerprint density at radius 1 is 1.00 bits per heavy atom. The van der Waals surface area contributed by atoms with Crippen LogP contribution in [0.15, 0.2) is 50.8 Å². The number of fused-ring (bicyclic) bond motifs is 1. The molecular formula is C22H22N4O6. The summed E-state index contributed by atoms with van der Waals surface area (Å²) in [6.07, 6.45) is 2.49. The number of nitrogens with one attached hydrogen (secondary N) is 2. The maximum atomic E-state index is 13.5. The van der Waals surface area contributed by atoms with Crippen molar-refractivity contribution in [2.45, 2.75) is 24.8 Å². The van der Waals surface area contributed by atoms with E-state index < -0.39 is 6.04 Å². The Hall–Kier alpha value is -3.95. The lowest BCUT2D eigenvalue weighted by molar-refractivity contribution is -0.116. The molecule has 0 amide bonds. The predicted octanol–water partition coefficient (Wildman–Crippen LogP) is 3.67. The van der Waals surface area contributed by atoms with Crippen molar-refractivity contribution in [3.63, 3.8) is 0 Å². The van der Waals surface area contributed by atoms with E-state index in [9.17, 15) is 4.79 Å². The Morgan fingerprint density at radius 3 is 2.47 bits per heavy atom. The number of anilines is 2. The highest BCUT2D eigenvalue weighted by molar-refractivity contribution is 6.01. The third-order valence-electron chi connectivity index (χ3n) is 5.83. The molecule has 32 heavy (non-hydrogen) atoms. The largest absolute Gasteiger partial charge is 0.496 e. The minimum atomic E-state index is -0.578. The second-order valence-electron chi connectivity index (χ2n) is 7.55. The average Bonchev–Trinajstić information content (AvgIpc) is 3.47. The van der Waals surface area contributed by atoms with E-state index in [0.29, 0.717) is 52.9 Å². The van der Waals surface area contributed by atoms with Crippen LogP contribution in [0.1, 0.15) is 36.1 Å². The number of carbonyl (C=O) groups is 1. The number of furan rings is 1. The lowest BCUT2D eigenvalue weighted by atomic mass is 9.80. The van der Waals surface area contributed by atoms with Gasteiger partial charge in [-0.25, -0.2) is 4.63 Å². The molecule has 0 fully saturated rings. The number of nitrogens with zero attached hydrogens (tertiary/aromatic N) is 2. The van der Waals surface area contributed by atoms with E-state index >= 15 is 0 Å². The standard InChI is InChI=1S/C22H22N4O6/c1-28-16-10-18(30-3)17(29-2)9-12(16)20-19-13(23-21-22(24-20)26-32-25-21)7-11(8-14(19)27)15-5-4-6-31-15/h4-6,9-11,20H,7-8H2,1-3H3,(H,23,25)(H,24,26)/t11-,20+/m1/s1. The van der Waals surface area contributed by atoms with Gasteiger partial charge in [0.1, 0.15) is 11.5 Å². The van der Waals surface area contributed by atoms with Crippen molar-refractivity contribution >= 4 is 17.4 Å². The highest BCUT2D eigenvalue weighted by Crippen LogP contribution is 2.47. The maximum absolute atomic E-state index is 13.5. The molecule has 2 aromatic heterocycles. The van der Waals surface area contributed by atoms with E-state index in [-0.39, 0.29) is 11.7 Å². The first kappa shape index (κ1) is 20.0. The number of ether oxygens (including phenoxy) is 3. The molecule has 0 unspecified atom stereocenters. The van der Waals surface area contributed by atoms with Crippen LogP contribution in [0.3, 0.4) is 0 Å². The van der Waals surface area contributed by atoms with Gasteiger partial charge in [-0.15, -0.1) is 0 Å². The van der Waals surface area contributed by atoms with E-state index in [4.69, 9.17) is 23.3 Å². The van der Waals surface area contributed by atoms with Crippen LogP contribution in [-0.4, -0.2) is 37.4 Å². The Balaban J connectivity index is 1.66. The summed E-state index contributed by atoms with van der Waals surface area (Å²) >= 11 is 0. The van der Waals surface area contributed by atoms with Gasteiger partial charge in [0.25, 0.3) is 0 Å². The van der Waals surface area contributed by atoms with E-state index in [1.807, 2.05) is 12.1 Å². The fraction of sp³-hybridized carbons (Fsp3) is 0.318. The minimum absolute atomic E-state index is 0.0171. The van der Waals surface area contributed by atoms with Crippen LogP contribution in [0.2, 0.25) is 0 Å². The van der Waals surface area contributed by atoms with E-state index in [1.54, 1.807) is 39.7 Å². The van der Waals surface area contributed by atoms with Crippen molar-refractivity contribution in [1.82, 2.24) is 10.3 Å². The first-order valence-electron chi connectivity index (χ1n) is 10.1. The van der Waals surface area contributed by atoms with Gasteiger partial charge in [-0.05, 0) is 34.9 Å². The van der Waals surface area contributed by atoms with Crippen LogP contribution in [0.5, 0.6) is 17.2 Å². The Morgan fingerprint density at radius 2 is 1.75 bits per heavy atom. The molecule has 0 saturated heterocycles. The van der Waals surface area contributed by atoms with Gasteiger partial charge in [-0.3, -0.25) is 4.79 Å². The topological polar surface area (TPSA) is 121 Å². The third-order valence-corrected chi connectivity index (χ3v) is 5.83. The van der Waals surface area contributed by atoms with Gasteiger partial charge in [-0.1, -0.05) is 0 Å². The second kappa shape index (κ2) is 7.95. The number of Topliss-reactive ketones (excluding diaryl/α,β-unsaturated/α-hetero) is 1. The Labute approximate surface area is 183 Å². The summed E-state index contributed by atoms with van der Waals surface area (Å²) in [4.78, 5) is 13.5. The van der Waals surface area contributed by atoms with Gasteiger partial charge < -0.3 is 29.3 Å². The molecule has 0 radical (unpaired) electrons. The van der Waals surface area contributed by atoms with Crippen molar-refractivity contribution < 1.29 is 28.1 Å². The summed E-state index contributed by atoms with van der Waals surface area (Å²) < 4.78 is 27.0. The zero-order valence-corrected chi connectivity index (χ0v) is 17.8. The zero-order chi connectivity index (χ0) is 22.2. The lowest BCUT2D eigenvalue weighted by Gasteiger charge is -2.29. The molecule has 0 saturated carbocycles. The number of hydrogen-bond donors (Lipinski definition) is 2. The van der Waals surface area contributed by atoms with Crippen LogP contribution in [0.25, 0.3) is 0 Å². The summed E-state index contributed by atoms with van der Waals surface area (Å²) in [6.45, 7) is 0. The molecule has 0 spiro atoms. The van der Waals surface area contributed by atoms with Gasteiger partial charge in [0.05, 0.1) is 33.6 Å². The number of aromatic nitrogens is 2. The van der Waals surface area contributed by atoms with Crippen molar-refractivity contribution in [2.75, 3.05) is 32.0 Å². The van der Waals surface area contributed by atoms with E-state index in [1.165, 1.54) is 0 Å². The molecule has 10 nitrogen and oxygen atoms in total. The number of methoxy groups -OCH3 is 3. The van der Waals surface area contributed by atoms with E-state index in [2.05, 4.69) is 20.9 Å². The number of allylic oxidation sites excluding steroid dienone is 1. The maximum Gasteiger partial charge on any atom is 0.219 e. The van der Waals surface area contributed by atoms with Crippen molar-refractivity contribution in [3.05, 3.63) is 53.1 Å². The van der Waals surface area contributed by atoms with Gasteiger partial charge in [0.2, 0.25) is 11.6 Å². The first-order valence-corrected chi connectivity index (χ1v) is 10.1. The molecule has 2 N–H and O–H groups in total. The summed E-state index contributed by atoms with van der Waals surface area (Å²) in [5, 5.41) is 14.4. The lowest BCUT2D eigenvalue weighted by Crippen LogP contribution is -2.27. The van der Waals surface area contributed by atoms with Gasteiger partial charge in [-0.2, -0.15) is 0 Å². The normalized spacial score (nSPS) is 19.9. The molecule has 2 atom stereocenters. The quantitative estimate of drug-likeness (QED) is 0.610. The van der Waals surface area contributed by atoms with Gasteiger partial charge >= 0.3 is 0 Å². The molecule has 1 aromatic carbocycles. The molecule has 0 bridgehead atoms. The summed E-state index contributed by atoms with van der Waals surface area (Å²) in [7, 11) is 4.67. The molecule has 3 heterocycles. The summed E-state index contributed by atoms with van der Waals surface area (Å²) in [5.74, 6) is 3.03. The molecular weight excluding hydrogens is 416 g/mol. The van der Waals surface area contributed by atoms with Crippen LogP contribution < -0.4 is 24.8 Å². The Bertz CT molecular complexity index is 1180.